The van der Waals surface area contributed by atoms with Gasteiger partial charge in [-0.3, -0.25) is 4.79 Å². The molecule has 1 aromatic rings. The van der Waals surface area contributed by atoms with E-state index in [-0.39, 0.29) is 18.6 Å². The van der Waals surface area contributed by atoms with E-state index in [4.69, 9.17) is 10.8 Å². The number of hydrogen-bond donors (Lipinski definition) is 2. The second-order valence-corrected chi connectivity index (χ2v) is 4.68. The molecule has 0 saturated carbocycles. The Labute approximate surface area is 108 Å². The molecule has 0 fully saturated rings. The van der Waals surface area contributed by atoms with Gasteiger partial charge in [-0.05, 0) is 38.0 Å². The van der Waals surface area contributed by atoms with Crippen molar-refractivity contribution in [3.8, 4) is 0 Å². The smallest absolute Gasteiger partial charge is 0.227 e. The number of aliphatic hydroxyl groups is 1. The number of benzene rings is 1. The molecule has 0 heterocycles. The van der Waals surface area contributed by atoms with Crippen molar-refractivity contribution in [2.24, 2.45) is 0 Å². The molecule has 0 radical (unpaired) electrons. The second kappa shape index (κ2) is 7.01. The van der Waals surface area contributed by atoms with Gasteiger partial charge in [0.2, 0.25) is 5.91 Å². The molecule has 0 unspecified atom stereocenters. The van der Waals surface area contributed by atoms with Crippen LogP contribution in [0.25, 0.3) is 0 Å². The van der Waals surface area contributed by atoms with Crippen LogP contribution >= 0.6 is 0 Å². The van der Waals surface area contributed by atoms with E-state index in [2.05, 4.69) is 0 Å². The number of carbonyl (C=O) groups excluding carboxylic acids is 1. The number of amides is 1. The van der Waals surface area contributed by atoms with Crippen molar-refractivity contribution in [1.82, 2.24) is 4.90 Å². The first-order valence-corrected chi connectivity index (χ1v) is 6.29. The van der Waals surface area contributed by atoms with E-state index in [9.17, 15) is 4.79 Å². The van der Waals surface area contributed by atoms with Gasteiger partial charge >= 0.3 is 0 Å². The van der Waals surface area contributed by atoms with Crippen LogP contribution in [-0.2, 0) is 11.2 Å². The van der Waals surface area contributed by atoms with E-state index >= 15 is 0 Å². The monoisotopic (exact) mass is 250 g/mol. The van der Waals surface area contributed by atoms with E-state index in [1.165, 1.54) is 0 Å². The molecule has 0 aliphatic rings. The highest BCUT2D eigenvalue weighted by Gasteiger charge is 2.16. The summed E-state index contributed by atoms with van der Waals surface area (Å²) in [7, 11) is 0. The Morgan fingerprint density at radius 3 is 2.44 bits per heavy atom. The Morgan fingerprint density at radius 1 is 1.33 bits per heavy atom. The average Bonchev–Trinajstić information content (AvgIpc) is 2.32. The van der Waals surface area contributed by atoms with Gasteiger partial charge in [0.1, 0.15) is 0 Å². The lowest BCUT2D eigenvalue weighted by atomic mass is 10.1. The summed E-state index contributed by atoms with van der Waals surface area (Å²) >= 11 is 0. The largest absolute Gasteiger partial charge is 0.399 e. The van der Waals surface area contributed by atoms with Gasteiger partial charge in [-0.15, -0.1) is 0 Å². The number of nitrogen functional groups attached to an aromatic ring is 1. The minimum atomic E-state index is 0.0863. The summed E-state index contributed by atoms with van der Waals surface area (Å²) in [4.78, 5) is 14.0. The lowest BCUT2D eigenvalue weighted by Gasteiger charge is -2.26. The van der Waals surface area contributed by atoms with Crippen LogP contribution in [0.1, 0.15) is 25.8 Å². The van der Waals surface area contributed by atoms with Crippen LogP contribution in [0, 0.1) is 0 Å². The molecule has 4 nitrogen and oxygen atoms in total. The van der Waals surface area contributed by atoms with Crippen LogP contribution in [0.2, 0.25) is 0 Å². The Balaban J connectivity index is 2.63. The van der Waals surface area contributed by atoms with E-state index in [0.29, 0.717) is 25.1 Å². The first-order valence-electron chi connectivity index (χ1n) is 6.29. The zero-order valence-corrected chi connectivity index (χ0v) is 11.1. The highest BCUT2D eigenvalue weighted by atomic mass is 16.3. The lowest BCUT2D eigenvalue weighted by Crippen LogP contribution is -2.39. The average molecular weight is 250 g/mol. The van der Waals surface area contributed by atoms with Crippen LogP contribution in [0.5, 0.6) is 0 Å². The molecule has 0 aliphatic heterocycles. The van der Waals surface area contributed by atoms with E-state index < -0.39 is 0 Å². The van der Waals surface area contributed by atoms with Gasteiger partial charge in [0.15, 0.2) is 0 Å². The molecule has 0 bridgehead atoms. The number of nitrogens with two attached hydrogens (primary N) is 1. The zero-order chi connectivity index (χ0) is 13.5. The number of nitrogens with zero attached hydrogens (tertiary/aromatic N) is 1. The van der Waals surface area contributed by atoms with Crippen LogP contribution in [0.15, 0.2) is 24.3 Å². The summed E-state index contributed by atoms with van der Waals surface area (Å²) < 4.78 is 0. The summed E-state index contributed by atoms with van der Waals surface area (Å²) in [6, 6.07) is 7.50. The third kappa shape index (κ3) is 4.37. The SMILES string of the molecule is CC(C)N(CCCO)C(=O)Cc1ccc(N)cc1. The number of hydrogen-bond acceptors (Lipinski definition) is 3. The third-order valence-corrected chi connectivity index (χ3v) is 2.84. The van der Waals surface area contributed by atoms with Crippen molar-refractivity contribution in [3.63, 3.8) is 0 Å². The molecule has 1 amide bonds. The minimum Gasteiger partial charge on any atom is -0.399 e. The Morgan fingerprint density at radius 2 is 1.94 bits per heavy atom. The quantitative estimate of drug-likeness (QED) is 0.751. The summed E-state index contributed by atoms with van der Waals surface area (Å²) in [6.45, 7) is 4.68. The number of carbonyl (C=O) groups is 1. The number of rotatable bonds is 6. The predicted molar refractivity (Wildman–Crippen MR) is 73.1 cm³/mol. The molecule has 1 rings (SSSR count). The van der Waals surface area contributed by atoms with Gasteiger partial charge < -0.3 is 15.7 Å². The highest BCUT2D eigenvalue weighted by Crippen LogP contribution is 2.09. The summed E-state index contributed by atoms with van der Waals surface area (Å²) in [6.07, 6.45) is 0.996. The maximum atomic E-state index is 12.2. The Hall–Kier alpha value is -1.55. The minimum absolute atomic E-state index is 0.0863. The summed E-state index contributed by atoms with van der Waals surface area (Å²) in [5, 5.41) is 8.85. The fourth-order valence-electron chi connectivity index (χ4n) is 1.82. The van der Waals surface area contributed by atoms with Crippen LogP contribution in [0.3, 0.4) is 0 Å². The second-order valence-electron chi connectivity index (χ2n) is 4.68. The van der Waals surface area contributed by atoms with Gasteiger partial charge in [0.25, 0.3) is 0 Å². The maximum Gasteiger partial charge on any atom is 0.227 e. The van der Waals surface area contributed by atoms with Gasteiger partial charge in [0, 0.05) is 24.9 Å². The van der Waals surface area contributed by atoms with E-state index in [1.807, 2.05) is 26.0 Å². The normalized spacial score (nSPS) is 10.7. The molecule has 0 aliphatic carbocycles. The fourth-order valence-corrected chi connectivity index (χ4v) is 1.82. The maximum absolute atomic E-state index is 12.2. The van der Waals surface area contributed by atoms with Crippen LogP contribution in [0.4, 0.5) is 5.69 Å². The number of anilines is 1. The summed E-state index contributed by atoms with van der Waals surface area (Å²) in [5.41, 5.74) is 7.27. The first-order chi connectivity index (χ1) is 8.54. The molecule has 0 saturated heterocycles. The van der Waals surface area contributed by atoms with Crippen molar-refractivity contribution in [2.45, 2.75) is 32.7 Å². The van der Waals surface area contributed by atoms with Crippen LogP contribution in [-0.4, -0.2) is 35.1 Å². The summed E-state index contributed by atoms with van der Waals surface area (Å²) in [5.74, 6) is 0.0863. The van der Waals surface area contributed by atoms with Crippen molar-refractivity contribution in [2.75, 3.05) is 18.9 Å². The van der Waals surface area contributed by atoms with Crippen molar-refractivity contribution < 1.29 is 9.90 Å². The van der Waals surface area contributed by atoms with Crippen LogP contribution < -0.4 is 5.73 Å². The molecular formula is C14H22N2O2. The zero-order valence-electron chi connectivity index (χ0n) is 11.1. The molecule has 100 valence electrons. The first kappa shape index (κ1) is 14.5. The number of aliphatic hydroxyl groups excluding tert-OH is 1. The predicted octanol–water partition coefficient (Wildman–Crippen LogP) is 1.43. The molecule has 1 aromatic carbocycles. The molecule has 0 spiro atoms. The topological polar surface area (TPSA) is 66.6 Å². The lowest BCUT2D eigenvalue weighted by molar-refractivity contribution is -0.132. The van der Waals surface area contributed by atoms with Crippen molar-refractivity contribution >= 4 is 11.6 Å². The molecule has 3 N–H and O–H groups in total. The van der Waals surface area contributed by atoms with Gasteiger partial charge in [-0.25, -0.2) is 0 Å². The van der Waals surface area contributed by atoms with Gasteiger partial charge in [0.05, 0.1) is 6.42 Å². The highest BCUT2D eigenvalue weighted by molar-refractivity contribution is 5.79. The molecule has 4 heteroatoms. The fraction of sp³-hybridized carbons (Fsp3) is 0.500. The van der Waals surface area contributed by atoms with Gasteiger partial charge in [-0.2, -0.15) is 0 Å². The molecule has 0 atom stereocenters. The Kier molecular flexibility index (Phi) is 5.65. The van der Waals surface area contributed by atoms with E-state index in [0.717, 1.165) is 5.56 Å². The standard InChI is InChI=1S/C14H22N2O2/c1-11(2)16(8-3-9-17)14(18)10-12-4-6-13(15)7-5-12/h4-7,11,17H,3,8-10,15H2,1-2H3. The van der Waals surface area contributed by atoms with Crippen molar-refractivity contribution in [1.29, 1.82) is 0 Å². The molecule has 0 aromatic heterocycles. The van der Waals surface area contributed by atoms with E-state index in [1.54, 1.807) is 17.0 Å². The van der Waals surface area contributed by atoms with Gasteiger partial charge in [-0.1, -0.05) is 12.1 Å². The third-order valence-electron chi connectivity index (χ3n) is 2.84. The Bertz CT molecular complexity index is 374. The molecule has 18 heavy (non-hydrogen) atoms. The molecular weight excluding hydrogens is 228 g/mol. The van der Waals surface area contributed by atoms with Crippen molar-refractivity contribution in [3.05, 3.63) is 29.8 Å².